The molecule has 1 N–H and O–H groups in total. The zero-order chi connectivity index (χ0) is 25.2. The molecule has 0 bridgehead atoms. The Morgan fingerprint density at radius 3 is 2.57 bits per heavy atom. The van der Waals surface area contributed by atoms with Crippen LogP contribution >= 0.6 is 11.8 Å². The molecule has 2 unspecified atom stereocenters. The third kappa shape index (κ3) is 6.06. The number of carbonyl (C=O) groups is 1. The molecule has 2 aromatic carbocycles. The number of hydrogen-bond acceptors (Lipinski definition) is 5. The number of aliphatic carboxylic acids is 1. The van der Waals surface area contributed by atoms with Crippen LogP contribution in [0.4, 0.5) is 13.2 Å². The summed E-state index contributed by atoms with van der Waals surface area (Å²) >= 11 is 1.86. The predicted molar refractivity (Wildman–Crippen MR) is 129 cm³/mol. The highest BCUT2D eigenvalue weighted by Crippen LogP contribution is 2.44. The summed E-state index contributed by atoms with van der Waals surface area (Å²) in [6.45, 7) is 5.90. The first kappa shape index (κ1) is 25.7. The SMILES string of the molecule is CC(=O)O.CC1COc2cc(OC3CCc4c3ccc(C(F)(F)F)c4CN3CCSCC3)ccc21. The van der Waals surface area contributed by atoms with Gasteiger partial charge in [0.25, 0.3) is 5.97 Å². The molecule has 5 rings (SSSR count). The van der Waals surface area contributed by atoms with Crippen molar-refractivity contribution in [2.24, 2.45) is 0 Å². The Morgan fingerprint density at radius 1 is 1.20 bits per heavy atom. The largest absolute Gasteiger partial charge is 0.493 e. The lowest BCUT2D eigenvalue weighted by molar-refractivity contribution is -0.138. The number of rotatable bonds is 4. The number of alkyl halides is 3. The number of nitrogens with zero attached hydrogens (tertiary/aromatic N) is 1. The monoisotopic (exact) mass is 509 g/mol. The molecule has 2 aromatic rings. The molecule has 0 aromatic heterocycles. The van der Waals surface area contributed by atoms with E-state index in [1.807, 2.05) is 30.0 Å². The molecule has 35 heavy (non-hydrogen) atoms. The van der Waals surface area contributed by atoms with E-state index < -0.39 is 17.7 Å². The molecule has 9 heteroatoms. The van der Waals surface area contributed by atoms with E-state index in [0.717, 1.165) is 48.4 Å². The molecule has 2 aliphatic heterocycles. The minimum atomic E-state index is -4.35. The van der Waals surface area contributed by atoms with Crippen LogP contribution in [0, 0.1) is 0 Å². The zero-order valence-corrected chi connectivity index (χ0v) is 20.7. The molecule has 2 heterocycles. The minimum Gasteiger partial charge on any atom is -0.493 e. The third-order valence-corrected chi connectivity index (χ3v) is 7.49. The van der Waals surface area contributed by atoms with E-state index in [0.29, 0.717) is 43.2 Å². The summed E-state index contributed by atoms with van der Waals surface area (Å²) in [5, 5.41) is 7.42. The van der Waals surface area contributed by atoms with E-state index >= 15 is 0 Å². The van der Waals surface area contributed by atoms with Crippen LogP contribution in [0.2, 0.25) is 0 Å². The number of carboxylic acids is 1. The Balaban J connectivity index is 0.000000672. The average molecular weight is 510 g/mol. The van der Waals surface area contributed by atoms with Gasteiger partial charge in [-0.25, -0.2) is 0 Å². The molecule has 5 nitrogen and oxygen atoms in total. The van der Waals surface area contributed by atoms with E-state index in [-0.39, 0.29) is 6.10 Å². The fourth-order valence-electron chi connectivity index (χ4n) is 4.88. The summed E-state index contributed by atoms with van der Waals surface area (Å²) in [5.41, 5.74) is 2.84. The normalized spacial score (nSPS) is 21.4. The van der Waals surface area contributed by atoms with Crippen LogP contribution in [0.3, 0.4) is 0 Å². The van der Waals surface area contributed by atoms with E-state index in [1.54, 1.807) is 6.07 Å². The van der Waals surface area contributed by atoms with Gasteiger partial charge in [-0.3, -0.25) is 9.69 Å². The van der Waals surface area contributed by atoms with Gasteiger partial charge in [-0.1, -0.05) is 19.1 Å². The van der Waals surface area contributed by atoms with Crippen LogP contribution in [0.1, 0.15) is 60.1 Å². The van der Waals surface area contributed by atoms with Crippen LogP contribution in [-0.2, 0) is 23.9 Å². The van der Waals surface area contributed by atoms with Gasteiger partial charge in [-0.2, -0.15) is 24.9 Å². The van der Waals surface area contributed by atoms with Crippen molar-refractivity contribution in [2.75, 3.05) is 31.2 Å². The first-order valence-corrected chi connectivity index (χ1v) is 12.9. The molecule has 1 aliphatic carbocycles. The lowest BCUT2D eigenvalue weighted by atomic mass is 9.96. The standard InChI is InChI=1S/C24H26F3NO2S.C2H4O2/c1-15-14-29-23-12-16(2-3-17(15)23)30-22-7-5-18-19(22)4-6-21(24(25,26)27)20(18)13-28-8-10-31-11-9-28;1-2(3)4/h2-4,6,12,15,22H,5,7-11,13-14H2,1H3;1H3,(H,3,4). The number of carboxylic acid groups (broad SMARTS) is 1. The maximum atomic E-state index is 13.8. The van der Waals surface area contributed by atoms with Crippen LogP contribution < -0.4 is 9.47 Å². The van der Waals surface area contributed by atoms with Crippen LogP contribution in [0.5, 0.6) is 11.5 Å². The molecule has 0 spiro atoms. The molecule has 1 saturated heterocycles. The molecule has 0 amide bonds. The second-order valence-electron chi connectivity index (χ2n) is 9.12. The molecule has 0 radical (unpaired) electrons. The Labute approximate surface area is 207 Å². The van der Waals surface area contributed by atoms with Crippen LogP contribution in [-0.4, -0.2) is 47.2 Å². The lowest BCUT2D eigenvalue weighted by Crippen LogP contribution is -2.33. The summed E-state index contributed by atoms with van der Waals surface area (Å²) < 4.78 is 53.4. The fourth-order valence-corrected chi connectivity index (χ4v) is 5.86. The van der Waals surface area contributed by atoms with Crippen molar-refractivity contribution >= 4 is 17.7 Å². The molecular formula is C26H30F3NO4S. The van der Waals surface area contributed by atoms with E-state index in [9.17, 15) is 13.2 Å². The topological polar surface area (TPSA) is 59.0 Å². The molecular weight excluding hydrogens is 479 g/mol. The minimum absolute atomic E-state index is 0.232. The van der Waals surface area contributed by atoms with Gasteiger partial charge in [0.15, 0.2) is 0 Å². The number of fused-ring (bicyclic) bond motifs is 2. The van der Waals surface area contributed by atoms with Gasteiger partial charge in [-0.05, 0) is 41.7 Å². The smallest absolute Gasteiger partial charge is 0.416 e. The number of hydrogen-bond donors (Lipinski definition) is 1. The summed E-state index contributed by atoms with van der Waals surface area (Å²) in [4.78, 5) is 11.1. The quantitative estimate of drug-likeness (QED) is 0.553. The Hall–Kier alpha value is -2.39. The Morgan fingerprint density at radius 2 is 1.89 bits per heavy atom. The summed E-state index contributed by atoms with van der Waals surface area (Å²) in [7, 11) is 0. The highest BCUT2D eigenvalue weighted by atomic mass is 32.2. The van der Waals surface area contributed by atoms with Crippen molar-refractivity contribution in [2.45, 2.75) is 51.4 Å². The second kappa shape index (κ2) is 10.7. The van der Waals surface area contributed by atoms with Crippen molar-refractivity contribution < 1.29 is 32.5 Å². The average Bonchev–Trinajstić information content (AvgIpc) is 3.37. The van der Waals surface area contributed by atoms with Gasteiger partial charge in [0.05, 0.1) is 12.2 Å². The van der Waals surface area contributed by atoms with Gasteiger partial charge in [-0.15, -0.1) is 0 Å². The van der Waals surface area contributed by atoms with Gasteiger partial charge in [0.1, 0.15) is 17.6 Å². The van der Waals surface area contributed by atoms with Crippen LogP contribution in [0.15, 0.2) is 30.3 Å². The van der Waals surface area contributed by atoms with E-state index in [4.69, 9.17) is 19.4 Å². The van der Waals surface area contributed by atoms with Gasteiger partial charge >= 0.3 is 6.18 Å². The maximum Gasteiger partial charge on any atom is 0.416 e. The molecule has 2 atom stereocenters. The van der Waals surface area contributed by atoms with Crippen molar-refractivity contribution in [1.29, 1.82) is 0 Å². The first-order chi connectivity index (χ1) is 16.6. The van der Waals surface area contributed by atoms with Crippen LogP contribution in [0.25, 0.3) is 0 Å². The first-order valence-electron chi connectivity index (χ1n) is 11.8. The molecule has 1 fully saturated rings. The lowest BCUT2D eigenvalue weighted by Gasteiger charge is -2.28. The number of thioether (sulfide) groups is 1. The molecule has 0 saturated carbocycles. The van der Waals surface area contributed by atoms with Gasteiger partial charge in [0, 0.05) is 55.6 Å². The van der Waals surface area contributed by atoms with Crippen molar-refractivity contribution in [1.82, 2.24) is 4.90 Å². The zero-order valence-electron chi connectivity index (χ0n) is 19.9. The Bertz CT molecular complexity index is 1070. The highest BCUT2D eigenvalue weighted by Gasteiger charge is 2.38. The fraction of sp³-hybridized carbons (Fsp3) is 0.500. The third-order valence-electron chi connectivity index (χ3n) is 6.54. The van der Waals surface area contributed by atoms with Crippen molar-refractivity contribution in [3.05, 3.63) is 58.1 Å². The van der Waals surface area contributed by atoms with Gasteiger partial charge < -0.3 is 14.6 Å². The highest BCUT2D eigenvalue weighted by molar-refractivity contribution is 7.99. The number of halogens is 3. The van der Waals surface area contributed by atoms with Crippen molar-refractivity contribution in [3.8, 4) is 11.5 Å². The summed E-state index contributed by atoms with van der Waals surface area (Å²) in [6, 6.07) is 8.76. The summed E-state index contributed by atoms with van der Waals surface area (Å²) in [6.07, 6.45) is -3.28. The number of benzene rings is 2. The molecule has 190 valence electrons. The second-order valence-corrected chi connectivity index (χ2v) is 10.3. The molecule has 3 aliphatic rings. The van der Waals surface area contributed by atoms with Gasteiger partial charge in [0.2, 0.25) is 0 Å². The van der Waals surface area contributed by atoms with Crippen molar-refractivity contribution in [3.63, 3.8) is 0 Å². The Kier molecular flexibility index (Phi) is 7.86. The summed E-state index contributed by atoms with van der Waals surface area (Å²) in [5.74, 6) is 3.04. The van der Waals surface area contributed by atoms with E-state index in [1.165, 1.54) is 11.6 Å². The maximum absolute atomic E-state index is 13.8. The van der Waals surface area contributed by atoms with E-state index in [2.05, 4.69) is 11.8 Å². The number of ether oxygens (including phenoxy) is 2. The predicted octanol–water partition coefficient (Wildman–Crippen LogP) is 5.91.